The molecule has 0 unspecified atom stereocenters. The second-order valence-electron chi connectivity index (χ2n) is 2.84. The maximum absolute atomic E-state index is 10.8. The Labute approximate surface area is 75.7 Å². The minimum Gasteiger partial charge on any atom is -0.313 e. The summed E-state index contributed by atoms with van der Waals surface area (Å²) < 4.78 is 0. The zero-order valence-electron chi connectivity index (χ0n) is 7.03. The van der Waals surface area contributed by atoms with Gasteiger partial charge in [-0.2, -0.15) is 0 Å². The van der Waals surface area contributed by atoms with Gasteiger partial charge in [0.2, 0.25) is 5.91 Å². The standard InChI is InChI=1S/C9H9N3O/c13-9-6-11-8(12-9)5-7-1-3-10-4-2-7/h1-4H,5-6H2,(H,11,12,13). The SMILES string of the molecule is O=C1CN=C(Cc2ccncc2)N1. The highest BCUT2D eigenvalue weighted by atomic mass is 16.2. The van der Waals surface area contributed by atoms with Gasteiger partial charge in [0.25, 0.3) is 0 Å². The number of aromatic nitrogens is 1. The van der Waals surface area contributed by atoms with Crippen LogP contribution in [-0.2, 0) is 11.2 Å². The van der Waals surface area contributed by atoms with Crippen LogP contribution in [0.2, 0.25) is 0 Å². The summed E-state index contributed by atoms with van der Waals surface area (Å²) in [7, 11) is 0. The van der Waals surface area contributed by atoms with Gasteiger partial charge in [0, 0.05) is 18.8 Å². The van der Waals surface area contributed by atoms with Crippen LogP contribution in [0.15, 0.2) is 29.5 Å². The molecule has 0 fully saturated rings. The van der Waals surface area contributed by atoms with Crippen LogP contribution in [0.1, 0.15) is 5.56 Å². The molecule has 1 aromatic rings. The summed E-state index contributed by atoms with van der Waals surface area (Å²) in [4.78, 5) is 18.8. The molecule has 0 aliphatic carbocycles. The van der Waals surface area contributed by atoms with Crippen molar-refractivity contribution in [1.29, 1.82) is 0 Å². The van der Waals surface area contributed by atoms with E-state index < -0.39 is 0 Å². The van der Waals surface area contributed by atoms with E-state index in [0.717, 1.165) is 11.4 Å². The van der Waals surface area contributed by atoms with Gasteiger partial charge in [-0.25, -0.2) is 0 Å². The molecule has 1 aliphatic rings. The van der Waals surface area contributed by atoms with Crippen molar-refractivity contribution in [2.24, 2.45) is 4.99 Å². The van der Waals surface area contributed by atoms with Gasteiger partial charge in [0.15, 0.2) is 0 Å². The molecule has 4 heteroatoms. The second-order valence-corrected chi connectivity index (χ2v) is 2.84. The Morgan fingerprint density at radius 2 is 2.15 bits per heavy atom. The van der Waals surface area contributed by atoms with Crippen molar-refractivity contribution in [3.8, 4) is 0 Å². The Morgan fingerprint density at radius 3 is 2.77 bits per heavy atom. The highest BCUT2D eigenvalue weighted by Gasteiger charge is 2.12. The van der Waals surface area contributed by atoms with Crippen molar-refractivity contribution in [2.75, 3.05) is 6.54 Å². The van der Waals surface area contributed by atoms with Crippen molar-refractivity contribution in [1.82, 2.24) is 10.3 Å². The van der Waals surface area contributed by atoms with Gasteiger partial charge in [0.05, 0.1) is 0 Å². The zero-order chi connectivity index (χ0) is 9.10. The normalized spacial score (nSPS) is 15.4. The summed E-state index contributed by atoms with van der Waals surface area (Å²) in [5, 5.41) is 2.69. The smallest absolute Gasteiger partial charge is 0.247 e. The third-order valence-corrected chi connectivity index (χ3v) is 1.82. The van der Waals surface area contributed by atoms with Crippen LogP contribution in [0.3, 0.4) is 0 Å². The summed E-state index contributed by atoms with van der Waals surface area (Å²) in [5.74, 6) is 0.722. The summed E-state index contributed by atoms with van der Waals surface area (Å²) in [5.41, 5.74) is 1.11. The zero-order valence-corrected chi connectivity index (χ0v) is 7.03. The van der Waals surface area contributed by atoms with Gasteiger partial charge >= 0.3 is 0 Å². The molecule has 1 aromatic heterocycles. The summed E-state index contributed by atoms with van der Waals surface area (Å²) in [6.07, 6.45) is 4.13. The molecule has 2 heterocycles. The molecule has 13 heavy (non-hydrogen) atoms. The Kier molecular flexibility index (Phi) is 2.04. The predicted octanol–water partition coefficient (Wildman–Crippen LogP) is 0.152. The fraction of sp³-hybridized carbons (Fsp3) is 0.222. The molecule has 4 nitrogen and oxygen atoms in total. The van der Waals surface area contributed by atoms with Crippen LogP contribution in [0, 0.1) is 0 Å². The predicted molar refractivity (Wildman–Crippen MR) is 48.4 cm³/mol. The topological polar surface area (TPSA) is 54.4 Å². The van der Waals surface area contributed by atoms with E-state index in [9.17, 15) is 4.79 Å². The first-order chi connectivity index (χ1) is 6.34. The lowest BCUT2D eigenvalue weighted by atomic mass is 10.2. The molecule has 1 N–H and O–H groups in total. The van der Waals surface area contributed by atoms with Crippen molar-refractivity contribution in [3.05, 3.63) is 30.1 Å². The lowest BCUT2D eigenvalue weighted by Gasteiger charge is -1.99. The van der Waals surface area contributed by atoms with Gasteiger partial charge in [-0.1, -0.05) is 0 Å². The summed E-state index contributed by atoms with van der Waals surface area (Å²) >= 11 is 0. The Hall–Kier alpha value is -1.71. The summed E-state index contributed by atoms with van der Waals surface area (Å²) in [6, 6.07) is 3.82. The van der Waals surface area contributed by atoms with Gasteiger partial charge in [-0.3, -0.25) is 14.8 Å². The van der Waals surface area contributed by atoms with Gasteiger partial charge in [-0.05, 0) is 17.7 Å². The van der Waals surface area contributed by atoms with Gasteiger partial charge in [0.1, 0.15) is 12.4 Å². The van der Waals surface area contributed by atoms with E-state index in [1.807, 2.05) is 12.1 Å². The molecule has 0 radical (unpaired) electrons. The Bertz CT molecular complexity index is 345. The first-order valence-corrected chi connectivity index (χ1v) is 4.07. The number of aliphatic imine (C=N–C) groups is 1. The lowest BCUT2D eigenvalue weighted by molar-refractivity contribution is -0.117. The number of hydrogen-bond acceptors (Lipinski definition) is 3. The average Bonchev–Trinajstić information content (AvgIpc) is 2.53. The fourth-order valence-electron chi connectivity index (χ4n) is 1.20. The largest absolute Gasteiger partial charge is 0.313 e. The highest BCUT2D eigenvalue weighted by Crippen LogP contribution is 2.00. The molecule has 0 aromatic carbocycles. The third-order valence-electron chi connectivity index (χ3n) is 1.82. The number of amides is 1. The molecule has 0 saturated heterocycles. The first kappa shape index (κ1) is 7.91. The molecule has 2 rings (SSSR count). The molecule has 0 spiro atoms. The van der Waals surface area contributed by atoms with E-state index >= 15 is 0 Å². The van der Waals surface area contributed by atoms with Crippen molar-refractivity contribution >= 4 is 11.7 Å². The number of carbonyl (C=O) groups is 1. The monoisotopic (exact) mass is 175 g/mol. The minimum absolute atomic E-state index is 0.0240. The van der Waals surface area contributed by atoms with E-state index in [2.05, 4.69) is 15.3 Å². The van der Waals surface area contributed by atoms with Crippen LogP contribution in [0.5, 0.6) is 0 Å². The number of hydrogen-bond donors (Lipinski definition) is 1. The molecule has 0 bridgehead atoms. The van der Waals surface area contributed by atoms with Crippen LogP contribution in [0.4, 0.5) is 0 Å². The van der Waals surface area contributed by atoms with Crippen molar-refractivity contribution in [3.63, 3.8) is 0 Å². The number of rotatable bonds is 2. The van der Waals surface area contributed by atoms with E-state index in [-0.39, 0.29) is 12.5 Å². The van der Waals surface area contributed by atoms with Crippen molar-refractivity contribution < 1.29 is 4.79 Å². The first-order valence-electron chi connectivity index (χ1n) is 4.07. The molecule has 66 valence electrons. The molecular weight excluding hydrogens is 166 g/mol. The molecular formula is C9H9N3O. The van der Waals surface area contributed by atoms with E-state index in [1.54, 1.807) is 12.4 Å². The van der Waals surface area contributed by atoms with Crippen LogP contribution in [0.25, 0.3) is 0 Å². The lowest BCUT2D eigenvalue weighted by Crippen LogP contribution is -2.25. The number of nitrogens with zero attached hydrogens (tertiary/aromatic N) is 2. The van der Waals surface area contributed by atoms with E-state index in [4.69, 9.17) is 0 Å². The second kappa shape index (κ2) is 3.35. The molecule has 1 amide bonds. The molecule has 0 atom stereocenters. The quantitative estimate of drug-likeness (QED) is 0.695. The van der Waals surface area contributed by atoms with Crippen LogP contribution < -0.4 is 5.32 Å². The van der Waals surface area contributed by atoms with E-state index in [1.165, 1.54) is 0 Å². The number of carbonyl (C=O) groups excluding carboxylic acids is 1. The molecule has 0 saturated carbocycles. The number of pyridine rings is 1. The maximum Gasteiger partial charge on any atom is 0.247 e. The van der Waals surface area contributed by atoms with Crippen LogP contribution >= 0.6 is 0 Å². The fourth-order valence-corrected chi connectivity index (χ4v) is 1.20. The Morgan fingerprint density at radius 1 is 1.38 bits per heavy atom. The van der Waals surface area contributed by atoms with Gasteiger partial charge < -0.3 is 5.32 Å². The number of amidine groups is 1. The van der Waals surface area contributed by atoms with Crippen molar-refractivity contribution in [2.45, 2.75) is 6.42 Å². The third kappa shape index (κ3) is 1.90. The van der Waals surface area contributed by atoms with Crippen LogP contribution in [-0.4, -0.2) is 23.3 Å². The number of nitrogens with one attached hydrogen (secondary N) is 1. The van der Waals surface area contributed by atoms with E-state index in [0.29, 0.717) is 6.42 Å². The van der Waals surface area contributed by atoms with Gasteiger partial charge in [-0.15, -0.1) is 0 Å². The maximum atomic E-state index is 10.8. The minimum atomic E-state index is -0.0240. The summed E-state index contributed by atoms with van der Waals surface area (Å²) in [6.45, 7) is 0.264. The Balaban J connectivity index is 2.04. The molecule has 1 aliphatic heterocycles. The average molecular weight is 175 g/mol. The highest BCUT2D eigenvalue weighted by molar-refractivity contribution is 6.04.